The molecule has 0 aliphatic carbocycles. The molecule has 0 unspecified atom stereocenters. The molecule has 3 aromatic carbocycles. The zero-order chi connectivity index (χ0) is 24.9. The zero-order valence-corrected chi connectivity index (χ0v) is 20.8. The molecule has 2 amide bonds. The molecule has 6 nitrogen and oxygen atoms in total. The van der Waals surface area contributed by atoms with Gasteiger partial charge in [0.25, 0.3) is 5.91 Å². The number of alkyl halides is 3. The molecule has 178 valence electrons. The lowest BCUT2D eigenvalue weighted by Gasteiger charge is -2.18. The van der Waals surface area contributed by atoms with E-state index in [0.29, 0.717) is 22.6 Å². The Labute approximate surface area is 215 Å². The van der Waals surface area contributed by atoms with Gasteiger partial charge in [-0.15, -0.1) is 0 Å². The van der Waals surface area contributed by atoms with E-state index in [1.54, 1.807) is 49.5 Å². The largest absolute Gasteiger partial charge is 0.445 e. The molecule has 0 bridgehead atoms. The van der Waals surface area contributed by atoms with Crippen LogP contribution in [0.2, 0.25) is 0 Å². The van der Waals surface area contributed by atoms with Crippen molar-refractivity contribution in [1.82, 2.24) is 0 Å². The summed E-state index contributed by atoms with van der Waals surface area (Å²) in [6.07, 6.45) is -0.748. The van der Waals surface area contributed by atoms with Crippen molar-refractivity contribution in [3.8, 4) is 0 Å². The van der Waals surface area contributed by atoms with Crippen molar-refractivity contribution in [3.05, 3.63) is 78.1 Å². The van der Waals surface area contributed by atoms with Gasteiger partial charge in [0, 0.05) is 39.5 Å². The number of carbonyl (C=O) groups excluding carboxylic acids is 2. The SMILES string of the molecule is CN(C(=O)c1ccc(Sc2ccc(NC(=O)OCC(Cl)(Cl)Cl)cc2)c(N)c1)c1ccc(F)cc1. The number of amides is 2. The molecule has 3 rings (SSSR count). The Kier molecular flexibility index (Phi) is 8.54. The van der Waals surface area contributed by atoms with Gasteiger partial charge >= 0.3 is 6.09 Å². The van der Waals surface area contributed by atoms with Crippen molar-refractivity contribution in [1.29, 1.82) is 0 Å². The highest BCUT2D eigenvalue weighted by molar-refractivity contribution is 7.99. The Bertz CT molecular complexity index is 1170. The number of halogens is 4. The van der Waals surface area contributed by atoms with E-state index >= 15 is 0 Å². The molecule has 11 heteroatoms. The van der Waals surface area contributed by atoms with Gasteiger partial charge in [-0.25, -0.2) is 9.18 Å². The average molecular weight is 543 g/mol. The first-order chi connectivity index (χ1) is 16.0. The molecule has 0 spiro atoms. The fourth-order valence-electron chi connectivity index (χ4n) is 2.78. The molecule has 0 fully saturated rings. The predicted molar refractivity (Wildman–Crippen MR) is 136 cm³/mol. The first kappa shape index (κ1) is 26.0. The van der Waals surface area contributed by atoms with Gasteiger partial charge in [0.2, 0.25) is 3.79 Å². The van der Waals surface area contributed by atoms with Gasteiger partial charge in [0.15, 0.2) is 0 Å². The summed E-state index contributed by atoms with van der Waals surface area (Å²) in [6.45, 7) is -0.380. The molecule has 0 saturated heterocycles. The molecule has 0 aromatic heterocycles. The van der Waals surface area contributed by atoms with E-state index in [4.69, 9.17) is 45.3 Å². The number of nitrogen functional groups attached to an aromatic ring is 1. The first-order valence-corrected chi connectivity index (χ1v) is 11.7. The molecule has 34 heavy (non-hydrogen) atoms. The fraction of sp³-hybridized carbons (Fsp3) is 0.130. The van der Waals surface area contributed by atoms with Gasteiger partial charge in [-0.1, -0.05) is 46.6 Å². The summed E-state index contributed by atoms with van der Waals surface area (Å²) < 4.78 is 16.3. The van der Waals surface area contributed by atoms with Crippen molar-refractivity contribution in [2.45, 2.75) is 13.6 Å². The summed E-state index contributed by atoms with van der Waals surface area (Å²) in [5, 5.41) is 2.53. The van der Waals surface area contributed by atoms with Crippen LogP contribution in [-0.4, -0.2) is 29.4 Å². The Morgan fingerprint density at radius 1 is 1.06 bits per heavy atom. The van der Waals surface area contributed by atoms with Gasteiger partial charge in [-0.3, -0.25) is 10.1 Å². The van der Waals surface area contributed by atoms with Gasteiger partial charge in [0.05, 0.1) is 0 Å². The van der Waals surface area contributed by atoms with Crippen molar-refractivity contribution < 1.29 is 18.7 Å². The summed E-state index contributed by atoms with van der Waals surface area (Å²) in [5.41, 5.74) is 8.08. The second kappa shape index (κ2) is 11.2. The fourth-order valence-corrected chi connectivity index (χ4v) is 3.79. The molecule has 0 atom stereocenters. The van der Waals surface area contributed by atoms with E-state index in [2.05, 4.69) is 5.32 Å². The van der Waals surface area contributed by atoms with Gasteiger partial charge in [-0.05, 0) is 66.7 Å². The molecule has 0 aliphatic heterocycles. The summed E-state index contributed by atoms with van der Waals surface area (Å²) in [4.78, 5) is 27.6. The quantitative estimate of drug-likeness (QED) is 0.266. The van der Waals surface area contributed by atoms with Crippen molar-refractivity contribution in [2.75, 3.05) is 29.6 Å². The molecule has 0 aliphatic rings. The van der Waals surface area contributed by atoms with E-state index in [-0.39, 0.29) is 18.3 Å². The number of nitrogens with one attached hydrogen (secondary N) is 1. The highest BCUT2D eigenvalue weighted by Crippen LogP contribution is 2.33. The summed E-state index contributed by atoms with van der Waals surface area (Å²) in [5.74, 6) is -0.647. The minimum absolute atomic E-state index is 0.271. The van der Waals surface area contributed by atoms with E-state index < -0.39 is 9.89 Å². The summed E-state index contributed by atoms with van der Waals surface area (Å²) in [7, 11) is 1.61. The van der Waals surface area contributed by atoms with Crippen LogP contribution in [-0.2, 0) is 4.74 Å². The number of hydrogen-bond donors (Lipinski definition) is 2. The molecule has 3 aromatic rings. The topological polar surface area (TPSA) is 84.7 Å². The lowest BCUT2D eigenvalue weighted by atomic mass is 10.1. The minimum atomic E-state index is -1.69. The lowest BCUT2D eigenvalue weighted by Crippen LogP contribution is -2.26. The number of anilines is 3. The number of nitrogens with zero attached hydrogens (tertiary/aromatic N) is 1. The van der Waals surface area contributed by atoms with Crippen LogP contribution in [0.15, 0.2) is 76.5 Å². The molecule has 0 radical (unpaired) electrons. The third kappa shape index (κ3) is 7.43. The van der Waals surface area contributed by atoms with E-state index in [0.717, 1.165) is 9.79 Å². The average Bonchev–Trinajstić information content (AvgIpc) is 2.79. The molecule has 0 saturated carbocycles. The Balaban J connectivity index is 1.62. The maximum atomic E-state index is 13.1. The summed E-state index contributed by atoms with van der Waals surface area (Å²) in [6, 6.07) is 17.6. The monoisotopic (exact) mass is 541 g/mol. The Morgan fingerprint density at radius 2 is 1.71 bits per heavy atom. The van der Waals surface area contributed by atoms with Gasteiger partial charge < -0.3 is 15.4 Å². The number of rotatable bonds is 6. The molecule has 0 heterocycles. The van der Waals surface area contributed by atoms with Crippen LogP contribution in [0.25, 0.3) is 0 Å². The second-order valence-electron chi connectivity index (χ2n) is 7.04. The summed E-state index contributed by atoms with van der Waals surface area (Å²) >= 11 is 18.0. The molecular weight excluding hydrogens is 524 g/mol. The number of carbonyl (C=O) groups is 2. The Hall–Kier alpha value is -2.65. The normalized spacial score (nSPS) is 11.1. The molecule has 3 N–H and O–H groups in total. The highest BCUT2D eigenvalue weighted by atomic mass is 35.6. The van der Waals surface area contributed by atoms with Gasteiger partial charge in [-0.2, -0.15) is 0 Å². The molecular formula is C23H19Cl3FN3O3S. The number of hydrogen-bond acceptors (Lipinski definition) is 5. The highest BCUT2D eigenvalue weighted by Gasteiger charge is 2.22. The van der Waals surface area contributed by atoms with Gasteiger partial charge in [0.1, 0.15) is 12.4 Å². The predicted octanol–water partition coefficient (Wildman–Crippen LogP) is 6.75. The second-order valence-corrected chi connectivity index (χ2v) is 10.7. The van der Waals surface area contributed by atoms with Crippen LogP contribution in [0.1, 0.15) is 10.4 Å². The van der Waals surface area contributed by atoms with Crippen LogP contribution in [0.3, 0.4) is 0 Å². The number of ether oxygens (including phenoxy) is 1. The van der Waals surface area contributed by atoms with Crippen LogP contribution in [0.4, 0.5) is 26.2 Å². The van der Waals surface area contributed by atoms with E-state index in [9.17, 15) is 14.0 Å². The third-order valence-electron chi connectivity index (χ3n) is 4.47. The van der Waals surface area contributed by atoms with E-state index in [1.165, 1.54) is 40.9 Å². The standard InChI is InChI=1S/C23H19Cl3FN3O3S/c1-30(17-7-3-15(27)4-8-17)21(31)14-2-11-20(19(28)12-14)34-18-9-5-16(6-10-18)29-22(32)33-13-23(24,25)26/h2-12H,13,28H2,1H3,(H,29,32). The lowest BCUT2D eigenvalue weighted by molar-refractivity contribution is 0.0993. The first-order valence-electron chi connectivity index (χ1n) is 9.73. The third-order valence-corrected chi connectivity index (χ3v) is 5.90. The Morgan fingerprint density at radius 3 is 2.29 bits per heavy atom. The maximum Gasteiger partial charge on any atom is 0.411 e. The van der Waals surface area contributed by atoms with Crippen LogP contribution < -0.4 is 16.0 Å². The maximum absolute atomic E-state index is 13.1. The van der Waals surface area contributed by atoms with Crippen molar-refractivity contribution in [3.63, 3.8) is 0 Å². The number of benzene rings is 3. The minimum Gasteiger partial charge on any atom is -0.445 e. The van der Waals surface area contributed by atoms with Crippen LogP contribution in [0, 0.1) is 5.82 Å². The zero-order valence-electron chi connectivity index (χ0n) is 17.7. The van der Waals surface area contributed by atoms with Crippen LogP contribution >= 0.6 is 46.6 Å². The number of nitrogens with two attached hydrogens (primary N) is 1. The van der Waals surface area contributed by atoms with Crippen molar-refractivity contribution >= 4 is 75.6 Å². The van der Waals surface area contributed by atoms with Crippen LogP contribution in [0.5, 0.6) is 0 Å². The van der Waals surface area contributed by atoms with Crippen molar-refractivity contribution in [2.24, 2.45) is 0 Å². The smallest absolute Gasteiger partial charge is 0.411 e. The van der Waals surface area contributed by atoms with E-state index in [1.807, 2.05) is 0 Å².